The quantitative estimate of drug-likeness (QED) is 0.435. The van der Waals surface area contributed by atoms with E-state index >= 15 is 0 Å². The number of benzene rings is 1. The normalized spacial score (nSPS) is 17.3. The van der Waals surface area contributed by atoms with Gasteiger partial charge in [-0.05, 0) is 24.6 Å². The van der Waals surface area contributed by atoms with Crippen molar-refractivity contribution in [3.05, 3.63) is 34.9 Å². The number of amides is 1. The summed E-state index contributed by atoms with van der Waals surface area (Å²) in [4.78, 5) is 19.0. The first-order valence-electron chi connectivity index (χ1n) is 7.84. The van der Waals surface area contributed by atoms with Crippen molar-refractivity contribution in [2.75, 3.05) is 39.5 Å². The van der Waals surface area contributed by atoms with Gasteiger partial charge in [0.2, 0.25) is 0 Å². The lowest BCUT2D eigenvalue weighted by molar-refractivity contribution is -0.126. The lowest BCUT2D eigenvalue weighted by Gasteiger charge is -2.25. The first-order valence-corrected chi connectivity index (χ1v) is 8.21. The zero-order chi connectivity index (χ0) is 17.4. The fourth-order valence-corrected chi connectivity index (χ4v) is 2.43. The van der Waals surface area contributed by atoms with Gasteiger partial charge in [-0.3, -0.25) is 9.69 Å². The number of halogens is 1. The van der Waals surface area contributed by atoms with Gasteiger partial charge in [0, 0.05) is 18.1 Å². The Balaban J connectivity index is 1.70. The van der Waals surface area contributed by atoms with Gasteiger partial charge in [0.05, 0.1) is 25.8 Å². The van der Waals surface area contributed by atoms with E-state index in [-0.39, 0.29) is 18.6 Å². The van der Waals surface area contributed by atoms with E-state index in [1.807, 2.05) is 19.1 Å². The summed E-state index contributed by atoms with van der Waals surface area (Å²) in [6, 6.07) is 7.16. The van der Waals surface area contributed by atoms with Gasteiger partial charge in [0.15, 0.2) is 12.4 Å². The monoisotopic (exact) mass is 354 g/mol. The number of morpholine rings is 1. The second-order valence-corrected chi connectivity index (χ2v) is 6.02. The van der Waals surface area contributed by atoms with Crippen LogP contribution in [0.2, 0.25) is 5.02 Å². The molecule has 0 spiro atoms. The Morgan fingerprint density at radius 2 is 2.08 bits per heavy atom. The third kappa shape index (κ3) is 6.35. The molecule has 1 aromatic rings. The summed E-state index contributed by atoms with van der Waals surface area (Å²) in [5.41, 5.74) is 6.76. The molecular formula is C16H23ClN4O3. The summed E-state index contributed by atoms with van der Waals surface area (Å²) >= 11 is 5.85. The Bertz CT molecular complexity index is 559. The van der Waals surface area contributed by atoms with Gasteiger partial charge < -0.3 is 20.6 Å². The zero-order valence-corrected chi connectivity index (χ0v) is 14.5. The SMILES string of the molecule is CC(NC(=O)CO/N=C(/N)CN1CCOCC1)c1ccc(Cl)cc1. The van der Waals surface area contributed by atoms with E-state index in [0.29, 0.717) is 30.6 Å². The molecular weight excluding hydrogens is 332 g/mol. The summed E-state index contributed by atoms with van der Waals surface area (Å²) in [6.07, 6.45) is 0. The number of hydrogen-bond donors (Lipinski definition) is 2. The minimum atomic E-state index is -0.264. The van der Waals surface area contributed by atoms with E-state index in [0.717, 1.165) is 18.7 Å². The number of hydrogen-bond acceptors (Lipinski definition) is 5. The van der Waals surface area contributed by atoms with Crippen molar-refractivity contribution in [1.82, 2.24) is 10.2 Å². The Labute approximate surface area is 146 Å². The number of amidine groups is 1. The molecule has 1 atom stereocenters. The van der Waals surface area contributed by atoms with Gasteiger partial charge in [-0.25, -0.2) is 0 Å². The van der Waals surface area contributed by atoms with Crippen molar-refractivity contribution in [3.63, 3.8) is 0 Å². The second kappa shape index (κ2) is 9.46. The molecule has 8 heteroatoms. The molecule has 1 heterocycles. The number of rotatable bonds is 7. The molecule has 1 saturated heterocycles. The molecule has 1 aromatic carbocycles. The number of carbonyl (C=O) groups is 1. The van der Waals surface area contributed by atoms with Gasteiger partial charge in [0.25, 0.3) is 5.91 Å². The van der Waals surface area contributed by atoms with Crippen LogP contribution >= 0.6 is 11.6 Å². The number of nitrogens with zero attached hydrogens (tertiary/aromatic N) is 2. The molecule has 1 aliphatic heterocycles. The van der Waals surface area contributed by atoms with Crippen molar-refractivity contribution < 1.29 is 14.4 Å². The van der Waals surface area contributed by atoms with Crippen molar-refractivity contribution in [2.45, 2.75) is 13.0 Å². The van der Waals surface area contributed by atoms with Gasteiger partial charge in [0.1, 0.15) is 0 Å². The summed E-state index contributed by atoms with van der Waals surface area (Å²) in [7, 11) is 0. The van der Waals surface area contributed by atoms with Crippen LogP contribution in [0.4, 0.5) is 0 Å². The molecule has 2 rings (SSSR count). The van der Waals surface area contributed by atoms with Crippen LogP contribution in [0, 0.1) is 0 Å². The Kier molecular flexibility index (Phi) is 7.30. The van der Waals surface area contributed by atoms with Crippen LogP contribution in [0.25, 0.3) is 0 Å². The highest BCUT2D eigenvalue weighted by Gasteiger charge is 2.12. The minimum absolute atomic E-state index is 0.145. The van der Waals surface area contributed by atoms with Gasteiger partial charge >= 0.3 is 0 Å². The molecule has 0 aromatic heterocycles. The van der Waals surface area contributed by atoms with Crippen LogP contribution in [0.15, 0.2) is 29.4 Å². The maximum atomic E-state index is 11.9. The Hall–Kier alpha value is -1.83. The smallest absolute Gasteiger partial charge is 0.261 e. The molecule has 1 amide bonds. The molecule has 0 saturated carbocycles. The largest absolute Gasteiger partial charge is 0.384 e. The average Bonchev–Trinajstić information content (AvgIpc) is 2.56. The molecule has 1 unspecified atom stereocenters. The van der Waals surface area contributed by atoms with E-state index in [4.69, 9.17) is 26.9 Å². The topological polar surface area (TPSA) is 89.2 Å². The predicted octanol–water partition coefficient (Wildman–Crippen LogP) is 1.14. The summed E-state index contributed by atoms with van der Waals surface area (Å²) in [6.45, 7) is 5.23. The van der Waals surface area contributed by atoms with E-state index < -0.39 is 0 Å². The van der Waals surface area contributed by atoms with Crippen molar-refractivity contribution in [2.24, 2.45) is 10.9 Å². The van der Waals surface area contributed by atoms with E-state index in [2.05, 4.69) is 15.4 Å². The molecule has 7 nitrogen and oxygen atoms in total. The molecule has 3 N–H and O–H groups in total. The van der Waals surface area contributed by atoms with Crippen molar-refractivity contribution in [3.8, 4) is 0 Å². The first-order chi connectivity index (χ1) is 11.5. The van der Waals surface area contributed by atoms with Gasteiger partial charge in [-0.15, -0.1) is 0 Å². The lowest BCUT2D eigenvalue weighted by Crippen LogP contribution is -2.41. The second-order valence-electron chi connectivity index (χ2n) is 5.59. The fourth-order valence-electron chi connectivity index (χ4n) is 2.31. The molecule has 24 heavy (non-hydrogen) atoms. The number of ether oxygens (including phenoxy) is 1. The summed E-state index contributed by atoms with van der Waals surface area (Å²) in [5, 5.41) is 7.27. The summed E-state index contributed by atoms with van der Waals surface area (Å²) in [5.74, 6) is 0.0795. The number of oxime groups is 1. The third-order valence-electron chi connectivity index (χ3n) is 3.61. The molecule has 1 aliphatic rings. The van der Waals surface area contributed by atoms with Crippen LogP contribution in [0.3, 0.4) is 0 Å². The van der Waals surface area contributed by atoms with E-state index in [1.54, 1.807) is 12.1 Å². The average molecular weight is 355 g/mol. The standard InChI is InChI=1S/C16H23ClN4O3/c1-12(13-2-4-14(17)5-3-13)19-16(22)11-24-20-15(18)10-21-6-8-23-9-7-21/h2-5,12H,6-11H2,1H3,(H2,18,20)(H,19,22). The highest BCUT2D eigenvalue weighted by atomic mass is 35.5. The van der Waals surface area contributed by atoms with Crippen LogP contribution in [0.1, 0.15) is 18.5 Å². The number of nitrogens with two attached hydrogens (primary N) is 1. The van der Waals surface area contributed by atoms with Gasteiger partial charge in [-0.1, -0.05) is 28.9 Å². The minimum Gasteiger partial charge on any atom is -0.384 e. The van der Waals surface area contributed by atoms with E-state index in [9.17, 15) is 4.79 Å². The van der Waals surface area contributed by atoms with Crippen molar-refractivity contribution >= 4 is 23.3 Å². The molecule has 0 radical (unpaired) electrons. The maximum Gasteiger partial charge on any atom is 0.261 e. The van der Waals surface area contributed by atoms with Gasteiger partial charge in [-0.2, -0.15) is 0 Å². The van der Waals surface area contributed by atoms with Crippen LogP contribution < -0.4 is 11.1 Å². The lowest BCUT2D eigenvalue weighted by atomic mass is 10.1. The highest BCUT2D eigenvalue weighted by molar-refractivity contribution is 6.30. The zero-order valence-electron chi connectivity index (χ0n) is 13.7. The third-order valence-corrected chi connectivity index (χ3v) is 3.87. The maximum absolute atomic E-state index is 11.9. The van der Waals surface area contributed by atoms with E-state index in [1.165, 1.54) is 0 Å². The first kappa shape index (κ1) is 18.5. The van der Waals surface area contributed by atoms with Crippen LogP contribution in [-0.2, 0) is 14.4 Å². The number of carbonyl (C=O) groups excluding carboxylic acids is 1. The molecule has 0 bridgehead atoms. The Morgan fingerprint density at radius 3 is 2.75 bits per heavy atom. The molecule has 132 valence electrons. The molecule has 0 aliphatic carbocycles. The highest BCUT2D eigenvalue weighted by Crippen LogP contribution is 2.15. The van der Waals surface area contributed by atoms with Crippen LogP contribution in [0.5, 0.6) is 0 Å². The predicted molar refractivity (Wildman–Crippen MR) is 92.8 cm³/mol. The fraction of sp³-hybridized carbons (Fsp3) is 0.500. The number of nitrogens with one attached hydrogen (secondary N) is 1. The van der Waals surface area contributed by atoms with Crippen molar-refractivity contribution in [1.29, 1.82) is 0 Å². The summed E-state index contributed by atoms with van der Waals surface area (Å²) < 4.78 is 5.26. The Morgan fingerprint density at radius 1 is 1.42 bits per heavy atom. The van der Waals surface area contributed by atoms with Crippen LogP contribution in [-0.4, -0.2) is 56.1 Å². The molecule has 1 fully saturated rings.